The lowest BCUT2D eigenvalue weighted by molar-refractivity contribution is 0.0124. The highest BCUT2D eigenvalue weighted by Crippen LogP contribution is 2.23. The van der Waals surface area contributed by atoms with Crippen LogP contribution in [-0.2, 0) is 14.6 Å². The molecule has 1 amide bonds. The van der Waals surface area contributed by atoms with E-state index < -0.39 is 27.6 Å². The summed E-state index contributed by atoms with van der Waals surface area (Å²) in [4.78, 5) is 13.9. The Balaban J connectivity index is 2.15. The highest BCUT2D eigenvalue weighted by atomic mass is 35.5. The lowest BCUT2D eigenvalue weighted by atomic mass is 10.0. The minimum Gasteiger partial charge on any atom is -0.444 e. The van der Waals surface area contributed by atoms with Gasteiger partial charge in [-0.1, -0.05) is 11.6 Å². The lowest BCUT2D eigenvalue weighted by Gasteiger charge is -2.36. The molecule has 0 aromatic carbocycles. The quantitative estimate of drug-likeness (QED) is 0.806. The molecule has 0 radical (unpaired) electrons. The number of amides is 1. The van der Waals surface area contributed by atoms with Gasteiger partial charge in [0.05, 0.1) is 5.75 Å². The summed E-state index contributed by atoms with van der Waals surface area (Å²) in [7, 11) is -3.67. The lowest BCUT2D eigenvalue weighted by Crippen LogP contribution is -2.49. The first-order valence-corrected chi connectivity index (χ1v) is 9.83. The first-order chi connectivity index (χ1) is 11.1. The molecule has 1 aliphatic heterocycles. The fourth-order valence-electron chi connectivity index (χ4n) is 2.54. The van der Waals surface area contributed by atoms with Crippen molar-refractivity contribution in [2.45, 2.75) is 56.7 Å². The van der Waals surface area contributed by atoms with E-state index in [2.05, 4.69) is 10.2 Å². The molecule has 2 heterocycles. The maximum absolute atomic E-state index is 12.5. The Labute approximate surface area is 147 Å². The van der Waals surface area contributed by atoms with Crippen LogP contribution in [0.4, 0.5) is 4.79 Å². The summed E-state index contributed by atoms with van der Waals surface area (Å²) in [6.45, 7) is 5.83. The van der Waals surface area contributed by atoms with Crippen molar-refractivity contribution in [3.05, 3.63) is 17.3 Å². The van der Waals surface area contributed by atoms with Crippen molar-refractivity contribution in [1.29, 1.82) is 0 Å². The predicted octanol–water partition coefficient (Wildman–Crippen LogP) is 2.69. The Morgan fingerprint density at radius 2 is 2.04 bits per heavy atom. The smallest absolute Gasteiger partial charge is 0.410 e. The van der Waals surface area contributed by atoms with Gasteiger partial charge < -0.3 is 9.64 Å². The highest BCUT2D eigenvalue weighted by Gasteiger charge is 2.34. The average Bonchev–Trinajstić information content (AvgIpc) is 2.46. The zero-order valence-corrected chi connectivity index (χ0v) is 15.6. The number of carbonyl (C=O) groups is 1. The molecule has 1 aromatic rings. The van der Waals surface area contributed by atoms with Crippen molar-refractivity contribution in [1.82, 2.24) is 15.1 Å². The van der Waals surface area contributed by atoms with Crippen LogP contribution in [0.1, 0.15) is 40.0 Å². The van der Waals surface area contributed by atoms with Crippen molar-refractivity contribution >= 4 is 27.5 Å². The summed E-state index contributed by atoms with van der Waals surface area (Å²) in [5, 5.41) is 7.20. The molecule has 134 valence electrons. The van der Waals surface area contributed by atoms with Crippen LogP contribution < -0.4 is 0 Å². The number of hydrogen-bond donors (Lipinski definition) is 0. The summed E-state index contributed by atoms with van der Waals surface area (Å²) < 4.78 is 30.5. The van der Waals surface area contributed by atoms with Crippen molar-refractivity contribution in [3.8, 4) is 0 Å². The molecule has 1 atom stereocenters. The molecule has 1 fully saturated rings. The number of ether oxygens (including phenoxy) is 1. The number of nitrogens with zero attached hydrogens (tertiary/aromatic N) is 3. The Bertz CT molecular complexity index is 686. The molecule has 1 saturated heterocycles. The maximum Gasteiger partial charge on any atom is 0.410 e. The Kier molecular flexibility index (Phi) is 5.70. The van der Waals surface area contributed by atoms with E-state index >= 15 is 0 Å². The molecule has 1 aliphatic rings. The van der Waals surface area contributed by atoms with Crippen molar-refractivity contribution in [2.75, 3.05) is 12.3 Å². The number of hydrogen-bond acceptors (Lipinski definition) is 6. The van der Waals surface area contributed by atoms with Crippen molar-refractivity contribution < 1.29 is 17.9 Å². The van der Waals surface area contributed by atoms with Gasteiger partial charge in [0, 0.05) is 12.6 Å². The van der Waals surface area contributed by atoms with Gasteiger partial charge in [-0.25, -0.2) is 13.2 Å². The van der Waals surface area contributed by atoms with Gasteiger partial charge >= 0.3 is 6.09 Å². The SMILES string of the molecule is CC(C)(C)OC(=O)N1CCCCC1CS(=O)(=O)c1ccc(Cl)nn1. The summed E-state index contributed by atoms with van der Waals surface area (Å²) in [5.74, 6) is -0.206. The minimum absolute atomic E-state index is 0.127. The van der Waals surface area contributed by atoms with Crippen LogP contribution in [0.2, 0.25) is 5.15 Å². The summed E-state index contributed by atoms with van der Waals surface area (Å²) in [6.07, 6.45) is 1.83. The maximum atomic E-state index is 12.5. The molecule has 24 heavy (non-hydrogen) atoms. The monoisotopic (exact) mass is 375 g/mol. The fourth-order valence-corrected chi connectivity index (χ4v) is 4.11. The number of halogens is 1. The van der Waals surface area contributed by atoms with E-state index in [0.717, 1.165) is 12.8 Å². The Hall–Kier alpha value is -1.41. The van der Waals surface area contributed by atoms with Gasteiger partial charge in [-0.15, -0.1) is 10.2 Å². The molecule has 0 aliphatic carbocycles. The van der Waals surface area contributed by atoms with Gasteiger partial charge in [0.25, 0.3) is 0 Å². The predicted molar refractivity (Wildman–Crippen MR) is 89.7 cm³/mol. The van der Waals surface area contributed by atoms with Crippen LogP contribution in [0.25, 0.3) is 0 Å². The number of likely N-dealkylation sites (tertiary alicyclic amines) is 1. The number of piperidine rings is 1. The third-order valence-corrected chi connectivity index (χ3v) is 5.47. The van der Waals surface area contributed by atoms with Crippen LogP contribution >= 0.6 is 11.6 Å². The standard InChI is InChI=1S/C15H22ClN3O4S/c1-15(2,3)23-14(20)19-9-5-4-6-11(19)10-24(21,22)13-8-7-12(16)17-18-13/h7-8,11H,4-6,9-10H2,1-3H3. The summed E-state index contributed by atoms with van der Waals surface area (Å²) >= 11 is 5.64. The van der Waals surface area contributed by atoms with E-state index in [-0.39, 0.29) is 15.9 Å². The van der Waals surface area contributed by atoms with Crippen LogP contribution in [-0.4, -0.2) is 53.5 Å². The molecule has 1 aromatic heterocycles. The second kappa shape index (κ2) is 7.23. The normalized spacial score (nSPS) is 19.2. The van der Waals surface area contributed by atoms with E-state index in [9.17, 15) is 13.2 Å². The molecule has 1 unspecified atom stereocenters. The van der Waals surface area contributed by atoms with Crippen LogP contribution in [0.5, 0.6) is 0 Å². The zero-order chi connectivity index (χ0) is 18.0. The topological polar surface area (TPSA) is 89.5 Å². The van der Waals surface area contributed by atoms with Crippen molar-refractivity contribution in [2.24, 2.45) is 0 Å². The first-order valence-electron chi connectivity index (χ1n) is 7.80. The van der Waals surface area contributed by atoms with Gasteiger partial charge in [-0.3, -0.25) is 0 Å². The van der Waals surface area contributed by atoms with Gasteiger partial charge in [0.2, 0.25) is 0 Å². The highest BCUT2D eigenvalue weighted by molar-refractivity contribution is 7.91. The van der Waals surface area contributed by atoms with Gasteiger partial charge in [-0.2, -0.15) is 0 Å². The Morgan fingerprint density at radius 1 is 1.33 bits per heavy atom. The van der Waals surface area contributed by atoms with Crippen LogP contribution in [0.15, 0.2) is 17.2 Å². The van der Waals surface area contributed by atoms with E-state index in [4.69, 9.17) is 16.3 Å². The minimum atomic E-state index is -3.67. The van der Waals surface area contributed by atoms with Gasteiger partial charge in [0.1, 0.15) is 5.60 Å². The number of rotatable bonds is 3. The number of aromatic nitrogens is 2. The van der Waals surface area contributed by atoms with Gasteiger partial charge in [0.15, 0.2) is 20.0 Å². The van der Waals surface area contributed by atoms with Crippen LogP contribution in [0, 0.1) is 0 Å². The fraction of sp³-hybridized carbons (Fsp3) is 0.667. The Morgan fingerprint density at radius 3 is 2.62 bits per heavy atom. The first kappa shape index (κ1) is 18.9. The van der Waals surface area contributed by atoms with E-state index in [1.165, 1.54) is 17.0 Å². The van der Waals surface area contributed by atoms with E-state index in [0.29, 0.717) is 13.0 Å². The van der Waals surface area contributed by atoms with E-state index in [1.807, 2.05) is 0 Å². The zero-order valence-electron chi connectivity index (χ0n) is 14.0. The third kappa shape index (κ3) is 5.04. The molecule has 0 bridgehead atoms. The third-order valence-electron chi connectivity index (χ3n) is 3.59. The summed E-state index contributed by atoms with van der Waals surface area (Å²) in [6, 6.07) is 2.27. The summed E-state index contributed by atoms with van der Waals surface area (Å²) in [5.41, 5.74) is -0.625. The second-order valence-electron chi connectivity index (χ2n) is 6.80. The molecule has 0 spiro atoms. The number of sulfone groups is 1. The molecule has 7 nitrogen and oxygen atoms in total. The molecular formula is C15H22ClN3O4S. The van der Waals surface area contributed by atoms with Crippen molar-refractivity contribution in [3.63, 3.8) is 0 Å². The molecule has 0 N–H and O–H groups in total. The molecule has 2 rings (SSSR count). The van der Waals surface area contributed by atoms with Gasteiger partial charge in [-0.05, 0) is 52.2 Å². The van der Waals surface area contributed by atoms with Crippen LogP contribution in [0.3, 0.4) is 0 Å². The van der Waals surface area contributed by atoms with E-state index in [1.54, 1.807) is 20.8 Å². The molecular weight excluding hydrogens is 354 g/mol. The largest absolute Gasteiger partial charge is 0.444 e. The molecule has 9 heteroatoms. The molecule has 0 saturated carbocycles. The average molecular weight is 376 g/mol. The number of carbonyl (C=O) groups excluding carboxylic acids is 1. The second-order valence-corrected chi connectivity index (χ2v) is 9.17.